The van der Waals surface area contributed by atoms with E-state index < -0.39 is 0 Å². The lowest BCUT2D eigenvalue weighted by Gasteiger charge is -2.27. The smallest absolute Gasteiger partial charge is 0.233 e. The Bertz CT molecular complexity index is 972. The van der Waals surface area contributed by atoms with Gasteiger partial charge in [-0.1, -0.05) is 23.4 Å². The van der Waals surface area contributed by atoms with E-state index in [1.807, 2.05) is 11.5 Å². The van der Waals surface area contributed by atoms with Crippen LogP contribution in [0.4, 0.5) is 4.39 Å². The summed E-state index contributed by atoms with van der Waals surface area (Å²) >= 11 is 1.41. The normalized spacial score (nSPS) is 17.9. The predicted octanol–water partition coefficient (Wildman–Crippen LogP) is 3.90. The maximum absolute atomic E-state index is 13.5. The summed E-state index contributed by atoms with van der Waals surface area (Å²) in [5.74, 6) is 0.409. The Morgan fingerprint density at radius 3 is 2.71 bits per heavy atom. The number of rotatable bonds is 10. The first-order valence-electron chi connectivity index (χ1n) is 12.2. The molecule has 1 saturated heterocycles. The summed E-state index contributed by atoms with van der Waals surface area (Å²) < 4.78 is 21.0. The summed E-state index contributed by atoms with van der Waals surface area (Å²) in [6.45, 7) is 7.35. The highest BCUT2D eigenvalue weighted by Gasteiger charge is 2.22. The first-order chi connectivity index (χ1) is 16.6. The van der Waals surface area contributed by atoms with E-state index in [-0.39, 0.29) is 17.0 Å². The van der Waals surface area contributed by atoms with Crippen molar-refractivity contribution in [3.63, 3.8) is 0 Å². The largest absolute Gasteiger partial charge is 0.379 e. The van der Waals surface area contributed by atoms with E-state index in [9.17, 15) is 9.18 Å². The van der Waals surface area contributed by atoms with Gasteiger partial charge in [0.25, 0.3) is 0 Å². The van der Waals surface area contributed by atoms with Crippen LogP contribution in [-0.4, -0.2) is 70.2 Å². The fourth-order valence-corrected chi connectivity index (χ4v) is 5.19. The Labute approximate surface area is 205 Å². The zero-order valence-corrected chi connectivity index (χ0v) is 20.7. The first kappa shape index (κ1) is 24.9. The van der Waals surface area contributed by atoms with E-state index in [1.54, 1.807) is 12.1 Å². The van der Waals surface area contributed by atoms with E-state index in [2.05, 4.69) is 26.5 Å². The number of carbonyl (C=O) groups excluding carboxylic acids is 1. The molecule has 0 radical (unpaired) electrons. The fourth-order valence-electron chi connectivity index (χ4n) is 4.29. The molecule has 0 spiro atoms. The third kappa shape index (κ3) is 6.90. The van der Waals surface area contributed by atoms with Gasteiger partial charge in [0.15, 0.2) is 11.0 Å². The minimum absolute atomic E-state index is 0.00692. The van der Waals surface area contributed by atoms with Crippen molar-refractivity contribution in [2.24, 2.45) is 0 Å². The van der Waals surface area contributed by atoms with Crippen LogP contribution in [0.25, 0.3) is 11.4 Å². The number of amides is 1. The van der Waals surface area contributed by atoms with Crippen LogP contribution >= 0.6 is 11.8 Å². The minimum atomic E-state index is -0.298. The Kier molecular flexibility index (Phi) is 9.12. The molecule has 1 aromatic heterocycles. The topological polar surface area (TPSA) is 72.3 Å². The molecule has 4 rings (SSSR count). The lowest BCUT2D eigenvalue weighted by molar-refractivity contribution is -0.120. The molecule has 184 valence electrons. The Morgan fingerprint density at radius 2 is 1.97 bits per heavy atom. The zero-order chi connectivity index (χ0) is 23.8. The number of nitrogens with one attached hydrogen (secondary N) is 1. The van der Waals surface area contributed by atoms with Crippen LogP contribution in [0.2, 0.25) is 0 Å². The monoisotopic (exact) mass is 487 g/mol. The van der Waals surface area contributed by atoms with Crippen LogP contribution < -0.4 is 5.32 Å². The molecule has 1 amide bonds. The summed E-state index contributed by atoms with van der Waals surface area (Å²) in [6.07, 6.45) is 8.08. The Hall–Kier alpha value is -2.23. The quantitative estimate of drug-likeness (QED) is 0.405. The highest BCUT2D eigenvalue weighted by Crippen LogP contribution is 2.27. The highest BCUT2D eigenvalue weighted by molar-refractivity contribution is 8.00. The van der Waals surface area contributed by atoms with E-state index >= 15 is 0 Å². The lowest BCUT2D eigenvalue weighted by atomic mass is 9.97. The van der Waals surface area contributed by atoms with Crippen molar-refractivity contribution in [3.8, 4) is 11.4 Å². The highest BCUT2D eigenvalue weighted by atomic mass is 32.2. The van der Waals surface area contributed by atoms with Crippen molar-refractivity contribution in [2.75, 3.05) is 39.4 Å². The van der Waals surface area contributed by atoms with Gasteiger partial charge in [-0.15, -0.1) is 10.2 Å². The molecule has 7 nitrogen and oxygen atoms in total. The average Bonchev–Trinajstić information content (AvgIpc) is 3.26. The van der Waals surface area contributed by atoms with Gasteiger partial charge < -0.3 is 14.6 Å². The summed E-state index contributed by atoms with van der Waals surface area (Å²) in [7, 11) is 0. The standard InChI is InChI=1S/C25H34FN5O2S/c1-19(24(32)27-12-11-20-5-3-2-4-6-20)34-25-29-28-23(21-7-9-22(26)10-8-21)31(25)14-13-30-15-17-33-18-16-30/h5,7-10,19H,2-4,6,11-18H2,1H3,(H,27,32). The Balaban J connectivity index is 1.41. The number of aromatic nitrogens is 3. The van der Waals surface area contributed by atoms with Crippen molar-refractivity contribution in [1.29, 1.82) is 0 Å². The summed E-state index contributed by atoms with van der Waals surface area (Å²) in [5, 5.41) is 12.3. The molecular formula is C25H34FN5O2S. The van der Waals surface area contributed by atoms with Gasteiger partial charge in [0.1, 0.15) is 5.82 Å². The number of nitrogens with zero attached hydrogens (tertiary/aromatic N) is 4. The van der Waals surface area contributed by atoms with Gasteiger partial charge in [0.2, 0.25) is 5.91 Å². The molecule has 2 aromatic rings. The molecule has 2 heterocycles. The second kappa shape index (κ2) is 12.5. The van der Waals surface area contributed by atoms with Crippen molar-refractivity contribution >= 4 is 17.7 Å². The molecular weight excluding hydrogens is 453 g/mol. The molecule has 1 unspecified atom stereocenters. The van der Waals surface area contributed by atoms with Crippen LogP contribution in [-0.2, 0) is 16.1 Å². The number of allylic oxidation sites excluding steroid dienone is 1. The first-order valence-corrected chi connectivity index (χ1v) is 13.1. The third-order valence-corrected chi connectivity index (χ3v) is 7.43. The fraction of sp³-hybridized carbons (Fsp3) is 0.560. The van der Waals surface area contributed by atoms with E-state index in [0.29, 0.717) is 24.1 Å². The number of benzene rings is 1. The molecule has 1 aliphatic heterocycles. The molecule has 0 bridgehead atoms. The van der Waals surface area contributed by atoms with Gasteiger partial charge in [0, 0.05) is 38.3 Å². The lowest BCUT2D eigenvalue weighted by Crippen LogP contribution is -2.38. The van der Waals surface area contributed by atoms with Gasteiger partial charge in [-0.25, -0.2) is 4.39 Å². The van der Waals surface area contributed by atoms with Gasteiger partial charge in [-0.3, -0.25) is 9.69 Å². The number of hydrogen-bond donors (Lipinski definition) is 1. The van der Waals surface area contributed by atoms with Crippen LogP contribution in [0.15, 0.2) is 41.1 Å². The Morgan fingerprint density at radius 1 is 1.18 bits per heavy atom. The third-order valence-electron chi connectivity index (χ3n) is 6.34. The number of thioether (sulfide) groups is 1. The molecule has 1 aromatic carbocycles. The van der Waals surface area contributed by atoms with Gasteiger partial charge >= 0.3 is 0 Å². The van der Waals surface area contributed by atoms with Crippen LogP contribution in [0, 0.1) is 5.82 Å². The van der Waals surface area contributed by atoms with Gasteiger partial charge in [-0.05, 0) is 63.3 Å². The number of ether oxygens (including phenoxy) is 1. The number of morpholine rings is 1. The predicted molar refractivity (Wildman–Crippen MR) is 132 cm³/mol. The molecule has 9 heteroatoms. The SMILES string of the molecule is CC(Sc1nnc(-c2ccc(F)cc2)n1CCN1CCOCC1)C(=O)NCCC1=CCCCC1. The van der Waals surface area contributed by atoms with Crippen LogP contribution in [0.1, 0.15) is 39.0 Å². The second-order valence-corrected chi connectivity index (χ2v) is 10.1. The summed E-state index contributed by atoms with van der Waals surface area (Å²) in [5.41, 5.74) is 2.26. The van der Waals surface area contributed by atoms with Crippen molar-refractivity contribution in [1.82, 2.24) is 25.0 Å². The second-order valence-electron chi connectivity index (χ2n) is 8.83. The maximum Gasteiger partial charge on any atom is 0.233 e. The number of hydrogen-bond acceptors (Lipinski definition) is 6. The average molecular weight is 488 g/mol. The summed E-state index contributed by atoms with van der Waals surface area (Å²) in [4.78, 5) is 15.1. The molecule has 1 N–H and O–H groups in total. The van der Waals surface area contributed by atoms with Crippen molar-refractivity contribution in [3.05, 3.63) is 41.7 Å². The molecule has 1 aliphatic carbocycles. The van der Waals surface area contributed by atoms with Gasteiger partial charge in [0.05, 0.1) is 18.5 Å². The van der Waals surface area contributed by atoms with E-state index in [4.69, 9.17) is 4.74 Å². The molecule has 2 aliphatic rings. The van der Waals surface area contributed by atoms with Gasteiger partial charge in [-0.2, -0.15) is 0 Å². The maximum atomic E-state index is 13.5. The zero-order valence-electron chi connectivity index (χ0n) is 19.8. The van der Waals surface area contributed by atoms with Crippen molar-refractivity contribution in [2.45, 2.75) is 56.0 Å². The number of halogens is 1. The minimum Gasteiger partial charge on any atom is -0.379 e. The summed E-state index contributed by atoms with van der Waals surface area (Å²) in [6, 6.07) is 6.30. The molecule has 1 atom stereocenters. The number of carbonyl (C=O) groups is 1. The molecule has 1 fully saturated rings. The van der Waals surface area contributed by atoms with Crippen molar-refractivity contribution < 1.29 is 13.9 Å². The van der Waals surface area contributed by atoms with Crippen LogP contribution in [0.3, 0.4) is 0 Å². The van der Waals surface area contributed by atoms with E-state index in [0.717, 1.165) is 57.7 Å². The molecule has 34 heavy (non-hydrogen) atoms. The van der Waals surface area contributed by atoms with Crippen LogP contribution in [0.5, 0.6) is 0 Å². The van der Waals surface area contributed by atoms with E-state index in [1.165, 1.54) is 42.3 Å². The molecule has 0 saturated carbocycles.